The van der Waals surface area contributed by atoms with E-state index in [1.807, 2.05) is 24.7 Å². The fourth-order valence-electron chi connectivity index (χ4n) is 1.25. The van der Waals surface area contributed by atoms with E-state index in [1.165, 1.54) is 6.33 Å². The SMILES string of the molecule is CC(C)Oc1cc(NCc2cscn2)ncn1. The van der Waals surface area contributed by atoms with Gasteiger partial charge in [0.25, 0.3) is 0 Å². The van der Waals surface area contributed by atoms with Crippen LogP contribution < -0.4 is 10.1 Å². The summed E-state index contributed by atoms with van der Waals surface area (Å²) in [6.07, 6.45) is 1.59. The van der Waals surface area contributed by atoms with Gasteiger partial charge in [0.15, 0.2) is 0 Å². The molecule has 2 aromatic heterocycles. The summed E-state index contributed by atoms with van der Waals surface area (Å²) >= 11 is 1.58. The van der Waals surface area contributed by atoms with Gasteiger partial charge in [-0.15, -0.1) is 11.3 Å². The Labute approximate surface area is 104 Å². The zero-order valence-corrected chi connectivity index (χ0v) is 10.6. The van der Waals surface area contributed by atoms with Gasteiger partial charge in [-0.1, -0.05) is 0 Å². The molecule has 0 saturated heterocycles. The summed E-state index contributed by atoms with van der Waals surface area (Å²) < 4.78 is 5.49. The van der Waals surface area contributed by atoms with Crippen molar-refractivity contribution in [2.45, 2.75) is 26.5 Å². The summed E-state index contributed by atoms with van der Waals surface area (Å²) in [5.41, 5.74) is 2.81. The Kier molecular flexibility index (Phi) is 3.87. The summed E-state index contributed by atoms with van der Waals surface area (Å²) in [5, 5.41) is 5.17. The van der Waals surface area contributed by atoms with Gasteiger partial charge in [0, 0.05) is 11.4 Å². The molecule has 90 valence electrons. The molecular formula is C11H14N4OS. The van der Waals surface area contributed by atoms with E-state index in [1.54, 1.807) is 17.4 Å². The Bertz CT molecular complexity index is 458. The number of thiazole rings is 1. The summed E-state index contributed by atoms with van der Waals surface area (Å²) in [6.45, 7) is 4.58. The molecule has 0 spiro atoms. The fourth-order valence-corrected chi connectivity index (χ4v) is 1.81. The first-order chi connectivity index (χ1) is 8.24. The zero-order valence-electron chi connectivity index (χ0n) is 9.75. The van der Waals surface area contributed by atoms with E-state index in [4.69, 9.17) is 4.74 Å². The lowest BCUT2D eigenvalue weighted by molar-refractivity contribution is 0.232. The van der Waals surface area contributed by atoms with E-state index in [9.17, 15) is 0 Å². The number of nitrogens with one attached hydrogen (secondary N) is 1. The van der Waals surface area contributed by atoms with Crippen LogP contribution in [0.1, 0.15) is 19.5 Å². The molecule has 2 rings (SSSR count). The van der Waals surface area contributed by atoms with Gasteiger partial charge < -0.3 is 10.1 Å². The molecule has 0 atom stereocenters. The highest BCUT2D eigenvalue weighted by Gasteiger charge is 2.02. The van der Waals surface area contributed by atoms with Crippen molar-refractivity contribution in [3.05, 3.63) is 29.0 Å². The van der Waals surface area contributed by atoms with E-state index in [2.05, 4.69) is 20.3 Å². The number of aromatic nitrogens is 3. The van der Waals surface area contributed by atoms with E-state index in [0.717, 1.165) is 11.5 Å². The highest BCUT2D eigenvalue weighted by molar-refractivity contribution is 7.07. The minimum atomic E-state index is 0.108. The van der Waals surface area contributed by atoms with Crippen LogP contribution in [0.2, 0.25) is 0 Å². The lowest BCUT2D eigenvalue weighted by Gasteiger charge is -2.09. The topological polar surface area (TPSA) is 59.9 Å². The van der Waals surface area contributed by atoms with Crippen molar-refractivity contribution >= 4 is 17.2 Å². The number of rotatable bonds is 5. The summed E-state index contributed by atoms with van der Waals surface area (Å²) in [7, 11) is 0. The van der Waals surface area contributed by atoms with Gasteiger partial charge in [-0.25, -0.2) is 15.0 Å². The second-order valence-corrected chi connectivity index (χ2v) is 4.46. The van der Waals surface area contributed by atoms with E-state index >= 15 is 0 Å². The summed E-state index contributed by atoms with van der Waals surface area (Å²) in [4.78, 5) is 12.3. The zero-order chi connectivity index (χ0) is 12.1. The Hall–Kier alpha value is -1.69. The third-order valence-corrected chi connectivity index (χ3v) is 2.57. The van der Waals surface area contributed by atoms with Crippen LogP contribution in [0.15, 0.2) is 23.3 Å². The van der Waals surface area contributed by atoms with Gasteiger partial charge in [-0.05, 0) is 13.8 Å². The van der Waals surface area contributed by atoms with Gasteiger partial charge in [-0.3, -0.25) is 0 Å². The summed E-state index contributed by atoms with van der Waals surface area (Å²) in [6, 6.07) is 1.78. The molecule has 0 amide bonds. The molecule has 0 radical (unpaired) electrons. The average molecular weight is 250 g/mol. The molecule has 0 aliphatic rings. The van der Waals surface area contributed by atoms with E-state index < -0.39 is 0 Å². The average Bonchev–Trinajstić information content (AvgIpc) is 2.79. The van der Waals surface area contributed by atoms with Crippen LogP contribution >= 0.6 is 11.3 Å². The van der Waals surface area contributed by atoms with E-state index in [-0.39, 0.29) is 6.10 Å². The van der Waals surface area contributed by atoms with Crippen LogP contribution in [0.3, 0.4) is 0 Å². The van der Waals surface area contributed by atoms with Crippen molar-refractivity contribution in [3.63, 3.8) is 0 Å². The molecular weight excluding hydrogens is 236 g/mol. The molecule has 0 unspecified atom stereocenters. The molecule has 0 aliphatic carbocycles. The van der Waals surface area contributed by atoms with Crippen LogP contribution in [-0.4, -0.2) is 21.1 Å². The first-order valence-electron chi connectivity index (χ1n) is 5.33. The molecule has 0 saturated carbocycles. The van der Waals surface area contributed by atoms with Crippen LogP contribution in [0, 0.1) is 0 Å². The first kappa shape index (κ1) is 11.8. The molecule has 5 nitrogen and oxygen atoms in total. The highest BCUT2D eigenvalue weighted by Crippen LogP contribution is 2.13. The second-order valence-electron chi connectivity index (χ2n) is 3.74. The standard InChI is InChI=1S/C11H14N4OS/c1-8(2)16-11-3-10(13-6-14-11)12-4-9-5-17-7-15-9/h3,5-8H,4H2,1-2H3,(H,12,13,14). The van der Waals surface area contributed by atoms with Crippen molar-refractivity contribution in [2.75, 3.05) is 5.32 Å². The Morgan fingerprint density at radius 2 is 2.24 bits per heavy atom. The molecule has 17 heavy (non-hydrogen) atoms. The predicted octanol–water partition coefficient (Wildman–Crippen LogP) is 2.33. The smallest absolute Gasteiger partial charge is 0.218 e. The van der Waals surface area contributed by atoms with Gasteiger partial charge in [0.1, 0.15) is 12.1 Å². The van der Waals surface area contributed by atoms with Crippen LogP contribution in [-0.2, 0) is 6.54 Å². The lowest BCUT2D eigenvalue weighted by atomic mass is 10.4. The highest BCUT2D eigenvalue weighted by atomic mass is 32.1. The minimum Gasteiger partial charge on any atom is -0.475 e. The van der Waals surface area contributed by atoms with Crippen LogP contribution in [0.4, 0.5) is 5.82 Å². The maximum Gasteiger partial charge on any atom is 0.218 e. The largest absolute Gasteiger partial charge is 0.475 e. The molecule has 0 bridgehead atoms. The minimum absolute atomic E-state index is 0.108. The number of ether oxygens (including phenoxy) is 1. The molecule has 2 aromatic rings. The van der Waals surface area contributed by atoms with Crippen molar-refractivity contribution in [2.24, 2.45) is 0 Å². The van der Waals surface area contributed by atoms with Crippen molar-refractivity contribution in [1.82, 2.24) is 15.0 Å². The Balaban J connectivity index is 1.96. The summed E-state index contributed by atoms with van der Waals surface area (Å²) in [5.74, 6) is 1.32. The van der Waals surface area contributed by atoms with Crippen LogP contribution in [0.5, 0.6) is 5.88 Å². The Morgan fingerprint density at radius 1 is 1.35 bits per heavy atom. The van der Waals surface area contributed by atoms with E-state index in [0.29, 0.717) is 12.4 Å². The molecule has 0 aliphatic heterocycles. The second kappa shape index (κ2) is 5.58. The monoisotopic (exact) mass is 250 g/mol. The molecule has 1 N–H and O–H groups in total. The lowest BCUT2D eigenvalue weighted by Crippen LogP contribution is -2.08. The van der Waals surface area contributed by atoms with Crippen molar-refractivity contribution in [3.8, 4) is 5.88 Å². The third-order valence-electron chi connectivity index (χ3n) is 1.93. The van der Waals surface area contributed by atoms with Gasteiger partial charge in [-0.2, -0.15) is 0 Å². The molecule has 0 fully saturated rings. The van der Waals surface area contributed by atoms with Gasteiger partial charge >= 0.3 is 0 Å². The fraction of sp³-hybridized carbons (Fsp3) is 0.364. The van der Waals surface area contributed by atoms with Crippen molar-refractivity contribution < 1.29 is 4.74 Å². The third kappa shape index (κ3) is 3.67. The number of hydrogen-bond acceptors (Lipinski definition) is 6. The van der Waals surface area contributed by atoms with Crippen molar-refractivity contribution in [1.29, 1.82) is 0 Å². The molecule has 2 heterocycles. The van der Waals surface area contributed by atoms with Crippen LogP contribution in [0.25, 0.3) is 0 Å². The molecule has 6 heteroatoms. The maximum absolute atomic E-state index is 5.49. The number of anilines is 1. The normalized spacial score (nSPS) is 10.5. The quantitative estimate of drug-likeness (QED) is 0.882. The van der Waals surface area contributed by atoms with Gasteiger partial charge in [0.2, 0.25) is 5.88 Å². The Morgan fingerprint density at radius 3 is 2.94 bits per heavy atom. The predicted molar refractivity (Wildman–Crippen MR) is 67.2 cm³/mol. The first-order valence-corrected chi connectivity index (χ1v) is 6.28. The molecule has 0 aromatic carbocycles. The number of nitrogens with zero attached hydrogens (tertiary/aromatic N) is 3. The number of hydrogen-bond donors (Lipinski definition) is 1. The maximum atomic E-state index is 5.49. The van der Waals surface area contributed by atoms with Gasteiger partial charge in [0.05, 0.1) is 23.9 Å².